The number of carbonyl (C=O) groups excluding carboxylic acids is 2. The van der Waals surface area contributed by atoms with Crippen LogP contribution in [0.3, 0.4) is 0 Å². The first-order valence-corrected chi connectivity index (χ1v) is 8.34. The van der Waals surface area contributed by atoms with Gasteiger partial charge in [-0.1, -0.05) is 41.4 Å². The molecule has 3 rings (SSSR count). The molecule has 7 heteroatoms. The number of nitrogens with one attached hydrogen (secondary N) is 3. The van der Waals surface area contributed by atoms with Crippen LogP contribution in [0.2, 0.25) is 10.0 Å². The second-order valence-corrected chi connectivity index (χ2v) is 6.39. The molecule has 0 fully saturated rings. The normalized spacial score (nSPS) is 10.6. The Labute approximate surface area is 154 Å². The summed E-state index contributed by atoms with van der Waals surface area (Å²) in [6.07, 6.45) is 2.00. The first kappa shape index (κ1) is 17.3. The number of carbonyl (C=O) groups is 2. The number of hydrogen-bond donors (Lipinski definition) is 3. The molecule has 2 amide bonds. The van der Waals surface area contributed by atoms with Crippen LogP contribution < -0.4 is 10.6 Å². The van der Waals surface area contributed by atoms with Crippen molar-refractivity contribution in [2.75, 3.05) is 11.9 Å². The van der Waals surface area contributed by atoms with Crippen molar-refractivity contribution in [1.29, 1.82) is 0 Å². The van der Waals surface area contributed by atoms with E-state index in [1.165, 1.54) is 0 Å². The van der Waals surface area contributed by atoms with Gasteiger partial charge in [0.25, 0.3) is 0 Å². The van der Waals surface area contributed by atoms with Crippen LogP contribution in [0.25, 0.3) is 10.9 Å². The summed E-state index contributed by atoms with van der Waals surface area (Å²) in [5, 5.41) is 7.08. The van der Waals surface area contributed by atoms with Crippen molar-refractivity contribution in [2.45, 2.75) is 6.42 Å². The van der Waals surface area contributed by atoms with Gasteiger partial charge in [0.2, 0.25) is 11.8 Å². The third-order valence-electron chi connectivity index (χ3n) is 3.62. The van der Waals surface area contributed by atoms with Crippen LogP contribution >= 0.6 is 23.2 Å². The molecule has 3 N–H and O–H groups in total. The van der Waals surface area contributed by atoms with Crippen molar-refractivity contribution in [3.8, 4) is 0 Å². The lowest BCUT2D eigenvalue weighted by atomic mass is 10.1. The molecule has 0 unspecified atom stereocenters. The number of benzene rings is 2. The van der Waals surface area contributed by atoms with E-state index in [0.717, 1.165) is 16.5 Å². The fourth-order valence-corrected chi connectivity index (χ4v) is 3.05. The number of hydrogen-bond acceptors (Lipinski definition) is 2. The molecule has 0 saturated heterocycles. The molecule has 0 saturated carbocycles. The Morgan fingerprint density at radius 1 is 1.00 bits per heavy atom. The topological polar surface area (TPSA) is 74.0 Å². The molecule has 128 valence electrons. The van der Waals surface area contributed by atoms with Gasteiger partial charge in [0.05, 0.1) is 13.0 Å². The summed E-state index contributed by atoms with van der Waals surface area (Å²) in [7, 11) is 0. The smallest absolute Gasteiger partial charge is 0.243 e. The highest BCUT2D eigenvalue weighted by Gasteiger charge is 2.10. The minimum absolute atomic E-state index is 0.134. The predicted octanol–water partition coefficient (Wildman–Crippen LogP) is 3.77. The molecule has 5 nitrogen and oxygen atoms in total. The second-order valence-electron chi connectivity index (χ2n) is 5.52. The molecule has 0 radical (unpaired) electrons. The van der Waals surface area contributed by atoms with Gasteiger partial charge >= 0.3 is 0 Å². The van der Waals surface area contributed by atoms with Crippen LogP contribution in [0.4, 0.5) is 5.69 Å². The lowest BCUT2D eigenvalue weighted by Gasteiger charge is -2.08. The molecular formula is C18H15Cl2N3O2. The fraction of sp³-hybridized carbons (Fsp3) is 0.111. The number of anilines is 1. The number of amides is 2. The summed E-state index contributed by atoms with van der Waals surface area (Å²) >= 11 is 11.8. The average Bonchev–Trinajstić information content (AvgIpc) is 2.95. The Balaban J connectivity index is 1.54. The van der Waals surface area contributed by atoms with Gasteiger partial charge in [0.1, 0.15) is 0 Å². The minimum Gasteiger partial charge on any atom is -0.361 e. The van der Waals surface area contributed by atoms with E-state index in [9.17, 15) is 9.59 Å². The van der Waals surface area contributed by atoms with Crippen molar-refractivity contribution in [2.24, 2.45) is 0 Å². The molecule has 0 atom stereocenters. The molecule has 0 aliphatic rings. The summed E-state index contributed by atoms with van der Waals surface area (Å²) < 4.78 is 0. The van der Waals surface area contributed by atoms with Gasteiger partial charge < -0.3 is 15.6 Å². The van der Waals surface area contributed by atoms with Crippen LogP contribution in [0, 0.1) is 0 Å². The zero-order valence-corrected chi connectivity index (χ0v) is 14.6. The Kier molecular flexibility index (Phi) is 5.26. The Morgan fingerprint density at radius 2 is 1.72 bits per heavy atom. The Morgan fingerprint density at radius 3 is 2.48 bits per heavy atom. The molecule has 0 aliphatic carbocycles. The summed E-state index contributed by atoms with van der Waals surface area (Å²) in [6, 6.07) is 12.5. The van der Waals surface area contributed by atoms with Crippen molar-refractivity contribution in [3.05, 3.63) is 64.3 Å². The lowest BCUT2D eigenvalue weighted by Crippen LogP contribution is -2.33. The number of aromatic amines is 1. The molecule has 3 aromatic rings. The number of H-pyrrole nitrogens is 1. The Hall–Kier alpha value is -2.50. The van der Waals surface area contributed by atoms with E-state index in [0.29, 0.717) is 15.7 Å². The second kappa shape index (κ2) is 7.59. The molecular weight excluding hydrogens is 361 g/mol. The summed E-state index contributed by atoms with van der Waals surface area (Å²) in [5.41, 5.74) is 2.34. The van der Waals surface area contributed by atoms with Crippen molar-refractivity contribution in [1.82, 2.24) is 10.3 Å². The molecule has 25 heavy (non-hydrogen) atoms. The van der Waals surface area contributed by atoms with E-state index in [1.54, 1.807) is 24.4 Å². The average molecular weight is 376 g/mol. The monoisotopic (exact) mass is 375 g/mol. The maximum Gasteiger partial charge on any atom is 0.243 e. The van der Waals surface area contributed by atoms with E-state index in [4.69, 9.17) is 23.2 Å². The number of halogens is 2. The van der Waals surface area contributed by atoms with Gasteiger partial charge in [0.15, 0.2) is 0 Å². The largest absolute Gasteiger partial charge is 0.361 e. The number of aromatic nitrogens is 1. The summed E-state index contributed by atoms with van der Waals surface area (Å²) in [5.74, 6) is -0.588. The maximum absolute atomic E-state index is 12.1. The molecule has 2 aromatic carbocycles. The lowest BCUT2D eigenvalue weighted by molar-refractivity contribution is -0.123. The Bertz CT molecular complexity index is 917. The number of fused-ring (bicyclic) bond motifs is 1. The van der Waals surface area contributed by atoms with Gasteiger partial charge in [-0.15, -0.1) is 0 Å². The third kappa shape index (κ3) is 4.53. The number of para-hydroxylation sites is 1. The van der Waals surface area contributed by atoms with Crippen LogP contribution in [0.1, 0.15) is 5.56 Å². The van der Waals surface area contributed by atoms with Crippen LogP contribution in [0.5, 0.6) is 0 Å². The van der Waals surface area contributed by atoms with Gasteiger partial charge in [-0.2, -0.15) is 0 Å². The molecule has 0 bridgehead atoms. The third-order valence-corrected chi connectivity index (χ3v) is 4.05. The van der Waals surface area contributed by atoms with Gasteiger partial charge in [-0.05, 0) is 29.8 Å². The highest BCUT2D eigenvalue weighted by atomic mass is 35.5. The first-order chi connectivity index (χ1) is 12.0. The van der Waals surface area contributed by atoms with Crippen molar-refractivity contribution >= 4 is 51.6 Å². The SMILES string of the molecule is O=C(Cc1c[nH]c2ccccc12)NCC(=O)Nc1cc(Cl)cc(Cl)c1. The van der Waals surface area contributed by atoms with Gasteiger partial charge in [-0.3, -0.25) is 9.59 Å². The minimum atomic E-state index is -0.356. The zero-order chi connectivity index (χ0) is 17.8. The maximum atomic E-state index is 12.1. The summed E-state index contributed by atoms with van der Waals surface area (Å²) in [4.78, 5) is 27.1. The van der Waals surface area contributed by atoms with Crippen molar-refractivity contribution < 1.29 is 9.59 Å². The van der Waals surface area contributed by atoms with E-state index in [2.05, 4.69) is 15.6 Å². The van der Waals surface area contributed by atoms with Crippen molar-refractivity contribution in [3.63, 3.8) is 0 Å². The van der Waals surface area contributed by atoms with Gasteiger partial charge in [-0.25, -0.2) is 0 Å². The fourth-order valence-electron chi connectivity index (χ4n) is 2.52. The van der Waals surface area contributed by atoms with E-state index in [1.807, 2.05) is 24.3 Å². The molecule has 0 spiro atoms. The highest BCUT2D eigenvalue weighted by Crippen LogP contribution is 2.22. The van der Waals surface area contributed by atoms with Gasteiger partial charge in [0, 0.05) is 32.8 Å². The standard InChI is InChI=1S/C18H15Cl2N3O2/c19-12-6-13(20)8-14(7-12)23-18(25)10-22-17(24)5-11-9-21-16-4-2-1-3-15(11)16/h1-4,6-9,21H,5,10H2,(H,22,24)(H,23,25). The van der Waals surface area contributed by atoms with Crippen LogP contribution in [0.15, 0.2) is 48.7 Å². The van der Waals surface area contributed by atoms with Crippen LogP contribution in [-0.4, -0.2) is 23.3 Å². The molecule has 0 aliphatic heterocycles. The predicted molar refractivity (Wildman–Crippen MR) is 100 cm³/mol. The molecule has 1 aromatic heterocycles. The van der Waals surface area contributed by atoms with E-state index >= 15 is 0 Å². The molecule has 1 heterocycles. The summed E-state index contributed by atoms with van der Waals surface area (Å²) in [6.45, 7) is -0.134. The van der Waals surface area contributed by atoms with Crippen LogP contribution in [-0.2, 0) is 16.0 Å². The quantitative estimate of drug-likeness (QED) is 0.634. The highest BCUT2D eigenvalue weighted by molar-refractivity contribution is 6.35. The number of rotatable bonds is 5. The van der Waals surface area contributed by atoms with E-state index < -0.39 is 0 Å². The first-order valence-electron chi connectivity index (χ1n) is 7.59. The van der Waals surface area contributed by atoms with E-state index in [-0.39, 0.29) is 24.8 Å². The zero-order valence-electron chi connectivity index (χ0n) is 13.1.